The number of ether oxygens (including phenoxy) is 1. The lowest BCUT2D eigenvalue weighted by Gasteiger charge is -2.20. The van der Waals surface area contributed by atoms with Crippen LogP contribution in [0.1, 0.15) is 24.0 Å². The quantitative estimate of drug-likeness (QED) is 0.645. The fourth-order valence-electron chi connectivity index (χ4n) is 4.58. The Bertz CT molecular complexity index is 1310. The molecule has 0 saturated carbocycles. The van der Waals surface area contributed by atoms with Gasteiger partial charge < -0.3 is 14.6 Å². The van der Waals surface area contributed by atoms with E-state index in [1.807, 2.05) is 36.0 Å². The minimum atomic E-state index is -4.79. The van der Waals surface area contributed by atoms with Crippen LogP contribution in [-0.2, 0) is 16.6 Å². The lowest BCUT2D eigenvalue weighted by molar-refractivity contribution is -0.274. The first-order chi connectivity index (χ1) is 15.1. The fraction of sp³-hybridized carbons (Fsp3) is 0.217. The average Bonchev–Trinajstić information content (AvgIpc) is 3.16. The van der Waals surface area contributed by atoms with Crippen LogP contribution in [0.2, 0.25) is 0 Å². The van der Waals surface area contributed by atoms with E-state index >= 15 is 0 Å². The zero-order valence-electron chi connectivity index (χ0n) is 17.2. The van der Waals surface area contributed by atoms with Crippen molar-refractivity contribution in [3.63, 3.8) is 0 Å². The maximum Gasteiger partial charge on any atom is 0.573 e. The Morgan fingerprint density at radius 3 is 2.53 bits per heavy atom. The third kappa shape index (κ3) is 3.12. The van der Waals surface area contributed by atoms with Crippen LogP contribution in [0.4, 0.5) is 18.9 Å². The molecule has 0 bridgehead atoms. The molecule has 9 heteroatoms. The number of aromatic nitrogens is 1. The van der Waals surface area contributed by atoms with Crippen LogP contribution in [0.25, 0.3) is 10.9 Å². The van der Waals surface area contributed by atoms with Gasteiger partial charge in [-0.25, -0.2) is 0 Å². The molecule has 1 atom stereocenters. The van der Waals surface area contributed by atoms with Crippen LogP contribution >= 0.6 is 0 Å². The van der Waals surface area contributed by atoms with E-state index in [4.69, 9.17) is 0 Å². The fourth-order valence-corrected chi connectivity index (χ4v) is 4.58. The van der Waals surface area contributed by atoms with Gasteiger partial charge in [0.05, 0.1) is 17.6 Å². The van der Waals surface area contributed by atoms with E-state index < -0.39 is 18.2 Å². The van der Waals surface area contributed by atoms with Gasteiger partial charge in [0.1, 0.15) is 5.75 Å². The van der Waals surface area contributed by atoms with Gasteiger partial charge in [0.2, 0.25) is 5.91 Å². The Labute approximate surface area is 180 Å². The number of nitrogens with zero attached hydrogens (tertiary/aromatic N) is 2. The Balaban J connectivity index is 1.70. The van der Waals surface area contributed by atoms with E-state index in [-0.39, 0.29) is 18.2 Å². The summed E-state index contributed by atoms with van der Waals surface area (Å²) >= 11 is 0. The normalized spacial score (nSPS) is 18.0. The topological polar surface area (TPSA) is 63.6 Å². The van der Waals surface area contributed by atoms with Crippen LogP contribution in [0.5, 0.6) is 5.75 Å². The van der Waals surface area contributed by atoms with Gasteiger partial charge in [-0.1, -0.05) is 18.2 Å². The van der Waals surface area contributed by atoms with E-state index in [0.717, 1.165) is 22.2 Å². The van der Waals surface area contributed by atoms with Crippen LogP contribution in [0, 0.1) is 0 Å². The Morgan fingerprint density at radius 2 is 1.88 bits per heavy atom. The van der Waals surface area contributed by atoms with E-state index in [1.54, 1.807) is 0 Å². The summed E-state index contributed by atoms with van der Waals surface area (Å²) in [5, 5.41) is 4.26. The third-order valence-electron chi connectivity index (χ3n) is 5.87. The summed E-state index contributed by atoms with van der Waals surface area (Å²) in [5.41, 5.74) is 4.23. The molecule has 5 rings (SSSR count). The Morgan fingerprint density at radius 1 is 1.16 bits per heavy atom. The highest BCUT2D eigenvalue weighted by molar-refractivity contribution is 6.11. The summed E-state index contributed by atoms with van der Waals surface area (Å²) in [6.07, 6.45) is -2.88. The SMILES string of the molecule is CC(=O)N1CC2=C(C1=O)[C@H](c1ccc(OC(F)(F)F)cc1)c1cn(C)c3cccc(c13)N2. The van der Waals surface area contributed by atoms with Gasteiger partial charge in [-0.3, -0.25) is 14.5 Å². The van der Waals surface area contributed by atoms with E-state index in [1.165, 1.54) is 36.1 Å². The molecular formula is C23H18F3N3O3. The van der Waals surface area contributed by atoms with Crippen LogP contribution in [0.3, 0.4) is 0 Å². The molecule has 0 saturated heterocycles. The third-order valence-corrected chi connectivity index (χ3v) is 5.87. The number of hydrogen-bond donors (Lipinski definition) is 1. The van der Waals surface area contributed by atoms with Crippen molar-refractivity contribution in [2.75, 3.05) is 11.9 Å². The van der Waals surface area contributed by atoms with E-state index in [0.29, 0.717) is 16.8 Å². The van der Waals surface area contributed by atoms with Crippen LogP contribution in [-0.4, -0.2) is 34.2 Å². The molecule has 3 heterocycles. The van der Waals surface area contributed by atoms with E-state index in [2.05, 4.69) is 10.1 Å². The largest absolute Gasteiger partial charge is 0.573 e. The van der Waals surface area contributed by atoms with Crippen LogP contribution < -0.4 is 10.1 Å². The molecular weight excluding hydrogens is 423 g/mol. The summed E-state index contributed by atoms with van der Waals surface area (Å²) in [7, 11) is 1.89. The molecule has 0 fully saturated rings. The number of imide groups is 1. The summed E-state index contributed by atoms with van der Waals surface area (Å²) in [5.74, 6) is -1.69. The smallest absolute Gasteiger partial charge is 0.406 e. The number of alkyl halides is 3. The predicted molar refractivity (Wildman–Crippen MR) is 111 cm³/mol. The second-order valence-electron chi connectivity index (χ2n) is 7.87. The van der Waals surface area contributed by atoms with Gasteiger partial charge in [-0.2, -0.15) is 0 Å². The molecule has 2 aliphatic heterocycles. The standard InChI is InChI=1S/C23H18F3N3O3/c1-12(30)29-11-17-21(22(29)31)19(13-6-8-14(9-7-13)32-23(24,25)26)15-10-28(2)18-5-3-4-16(27-17)20(15)18/h3-10,19,27H,11H2,1-2H3/t19-/m1/s1. The Kier molecular flexibility index (Phi) is 4.34. The zero-order chi connectivity index (χ0) is 22.8. The molecule has 32 heavy (non-hydrogen) atoms. The molecule has 6 nitrogen and oxygen atoms in total. The van der Waals surface area contributed by atoms with Gasteiger partial charge in [0.25, 0.3) is 5.91 Å². The summed E-state index contributed by atoms with van der Waals surface area (Å²) in [4.78, 5) is 26.5. The summed E-state index contributed by atoms with van der Waals surface area (Å²) < 4.78 is 43.7. The maximum atomic E-state index is 13.3. The highest BCUT2D eigenvalue weighted by atomic mass is 19.4. The monoisotopic (exact) mass is 441 g/mol. The molecule has 1 aromatic heterocycles. The Hall–Kier alpha value is -3.75. The molecule has 2 aliphatic rings. The van der Waals surface area contributed by atoms with Crippen molar-refractivity contribution >= 4 is 28.4 Å². The molecule has 164 valence electrons. The number of carbonyl (C=O) groups is 2. The molecule has 0 aliphatic carbocycles. The second kappa shape index (κ2) is 6.88. The van der Waals surface area contributed by atoms with Gasteiger partial charge >= 0.3 is 6.36 Å². The highest BCUT2D eigenvalue weighted by Crippen LogP contribution is 2.46. The van der Waals surface area contributed by atoms with Gasteiger partial charge in [-0.05, 0) is 35.4 Å². The number of halogens is 3. The van der Waals surface area contributed by atoms with E-state index in [9.17, 15) is 22.8 Å². The second-order valence-corrected chi connectivity index (χ2v) is 7.87. The number of nitrogens with one attached hydrogen (secondary N) is 1. The van der Waals surface area contributed by atoms with Gasteiger partial charge in [0.15, 0.2) is 0 Å². The molecule has 0 spiro atoms. The maximum absolute atomic E-state index is 13.3. The van der Waals surface area contributed by atoms with Crippen molar-refractivity contribution in [3.05, 3.63) is 71.1 Å². The van der Waals surface area contributed by atoms with Crippen molar-refractivity contribution in [2.24, 2.45) is 7.05 Å². The van der Waals surface area contributed by atoms with Crippen molar-refractivity contribution in [2.45, 2.75) is 19.2 Å². The first-order valence-corrected chi connectivity index (χ1v) is 9.90. The molecule has 2 amide bonds. The number of rotatable bonds is 2. The number of carbonyl (C=O) groups excluding carboxylic acids is 2. The lowest BCUT2D eigenvalue weighted by Crippen LogP contribution is -2.33. The molecule has 0 unspecified atom stereocenters. The lowest BCUT2D eigenvalue weighted by atomic mass is 9.84. The van der Waals surface area contributed by atoms with Crippen molar-refractivity contribution in [3.8, 4) is 5.75 Å². The zero-order valence-corrected chi connectivity index (χ0v) is 17.2. The molecule has 0 radical (unpaired) electrons. The number of benzene rings is 2. The van der Waals surface area contributed by atoms with Gasteiger partial charge in [-0.15, -0.1) is 13.2 Å². The first kappa shape index (κ1) is 20.2. The minimum Gasteiger partial charge on any atom is -0.406 e. The van der Waals surface area contributed by atoms with Crippen LogP contribution in [0.15, 0.2) is 59.9 Å². The number of amides is 2. The summed E-state index contributed by atoms with van der Waals surface area (Å²) in [6, 6.07) is 11.3. The van der Waals surface area contributed by atoms with Crippen molar-refractivity contribution in [1.82, 2.24) is 9.47 Å². The van der Waals surface area contributed by atoms with Crippen molar-refractivity contribution in [1.29, 1.82) is 0 Å². The van der Waals surface area contributed by atoms with Crippen molar-refractivity contribution < 1.29 is 27.5 Å². The molecule has 2 aromatic carbocycles. The predicted octanol–water partition coefficient (Wildman–Crippen LogP) is 4.28. The minimum absolute atomic E-state index is 0.113. The first-order valence-electron chi connectivity index (χ1n) is 9.90. The van der Waals surface area contributed by atoms with Gasteiger partial charge in [0, 0.05) is 42.9 Å². The highest BCUT2D eigenvalue weighted by Gasteiger charge is 2.41. The average molecular weight is 441 g/mol. The number of aryl methyl sites for hydroxylation is 1. The summed E-state index contributed by atoms with van der Waals surface area (Å²) in [6.45, 7) is 1.44. The molecule has 3 aromatic rings. The molecule has 1 N–H and O–H groups in total. The number of anilines is 1. The number of hydrogen-bond acceptors (Lipinski definition) is 4.